The average Bonchev–Trinajstić information content (AvgIpc) is 2.01. The van der Waals surface area contributed by atoms with Gasteiger partial charge in [0.15, 0.2) is 0 Å². The number of ether oxygens (including phenoxy) is 2. The third-order valence-corrected chi connectivity index (χ3v) is 1.20. The number of methoxy groups -OCH3 is 1. The van der Waals surface area contributed by atoms with E-state index in [0.29, 0.717) is 0 Å². The van der Waals surface area contributed by atoms with Gasteiger partial charge in [-0.2, -0.15) is 0 Å². The quantitative estimate of drug-likeness (QED) is 0.486. The minimum atomic E-state index is -0.583. The molecule has 0 aliphatic carbocycles. The molecular formula is C9H14O4. The summed E-state index contributed by atoms with van der Waals surface area (Å²) in [7, 11) is 1.24. The minimum absolute atomic E-state index is 0.105. The Hall–Kier alpha value is -1.32. The highest BCUT2D eigenvalue weighted by Gasteiger charge is 2.13. The van der Waals surface area contributed by atoms with Gasteiger partial charge in [0, 0.05) is 5.57 Å². The van der Waals surface area contributed by atoms with Gasteiger partial charge in [0.2, 0.25) is 0 Å². The highest BCUT2D eigenvalue weighted by molar-refractivity contribution is 5.93. The molecule has 0 rings (SSSR count). The summed E-state index contributed by atoms with van der Waals surface area (Å²) in [6.45, 7) is 6.87. The summed E-state index contributed by atoms with van der Waals surface area (Å²) >= 11 is 0. The molecule has 0 atom stereocenters. The second-order valence-corrected chi connectivity index (χ2v) is 2.81. The summed E-state index contributed by atoms with van der Waals surface area (Å²) < 4.78 is 9.18. The lowest BCUT2D eigenvalue weighted by atomic mass is 10.2. The molecule has 0 radical (unpaired) electrons. The van der Waals surface area contributed by atoms with Crippen LogP contribution in [0.15, 0.2) is 12.2 Å². The first kappa shape index (κ1) is 11.7. The molecular weight excluding hydrogens is 172 g/mol. The van der Waals surface area contributed by atoms with Gasteiger partial charge in [0.05, 0.1) is 19.6 Å². The van der Waals surface area contributed by atoms with E-state index in [9.17, 15) is 9.59 Å². The molecule has 0 bridgehead atoms. The molecule has 0 saturated heterocycles. The summed E-state index contributed by atoms with van der Waals surface area (Å²) in [6.07, 6.45) is -0.303. The number of hydrogen-bond donors (Lipinski definition) is 0. The highest BCUT2D eigenvalue weighted by Crippen LogP contribution is 2.03. The van der Waals surface area contributed by atoms with Crippen molar-refractivity contribution < 1.29 is 19.1 Å². The Balaban J connectivity index is 3.92. The van der Waals surface area contributed by atoms with E-state index >= 15 is 0 Å². The Morgan fingerprint density at radius 2 is 1.92 bits per heavy atom. The van der Waals surface area contributed by atoms with Crippen LogP contribution in [0.25, 0.3) is 0 Å². The van der Waals surface area contributed by atoms with Gasteiger partial charge in [-0.25, -0.2) is 4.79 Å². The first-order valence-corrected chi connectivity index (χ1v) is 3.93. The van der Waals surface area contributed by atoms with E-state index in [-0.39, 0.29) is 18.1 Å². The van der Waals surface area contributed by atoms with Crippen LogP contribution in [0.4, 0.5) is 0 Å². The molecule has 0 amide bonds. The number of carbonyl (C=O) groups excluding carboxylic acids is 2. The second-order valence-electron chi connectivity index (χ2n) is 2.81. The lowest BCUT2D eigenvalue weighted by Crippen LogP contribution is -2.15. The fourth-order valence-corrected chi connectivity index (χ4v) is 0.695. The third kappa shape index (κ3) is 5.00. The van der Waals surface area contributed by atoms with Crippen molar-refractivity contribution in [2.75, 3.05) is 7.11 Å². The Kier molecular flexibility index (Phi) is 4.80. The zero-order valence-corrected chi connectivity index (χ0v) is 8.12. The van der Waals surface area contributed by atoms with Gasteiger partial charge in [-0.15, -0.1) is 0 Å². The largest absolute Gasteiger partial charge is 0.466 e. The Morgan fingerprint density at radius 3 is 2.31 bits per heavy atom. The number of rotatable bonds is 4. The predicted octanol–water partition coefficient (Wildman–Crippen LogP) is 1.06. The standard InChI is InChI=1S/C9H14O4/c1-6(2)13-8(10)5-7(3)9(11)12-4/h6H,3,5H2,1-2,4H3. The van der Waals surface area contributed by atoms with Gasteiger partial charge in [-0.05, 0) is 13.8 Å². The minimum Gasteiger partial charge on any atom is -0.466 e. The van der Waals surface area contributed by atoms with Gasteiger partial charge in [0.1, 0.15) is 0 Å². The maximum atomic E-state index is 11.0. The van der Waals surface area contributed by atoms with Gasteiger partial charge < -0.3 is 9.47 Å². The highest BCUT2D eigenvalue weighted by atomic mass is 16.5. The topological polar surface area (TPSA) is 52.6 Å². The summed E-state index contributed by atoms with van der Waals surface area (Å²) in [5, 5.41) is 0. The maximum absolute atomic E-state index is 11.0. The molecule has 0 aromatic heterocycles. The van der Waals surface area contributed by atoms with Crippen LogP contribution in [-0.2, 0) is 19.1 Å². The SMILES string of the molecule is C=C(CC(=O)OC(C)C)C(=O)OC. The van der Waals surface area contributed by atoms with Crippen LogP contribution in [-0.4, -0.2) is 25.2 Å². The normalized spacial score (nSPS) is 9.54. The van der Waals surface area contributed by atoms with Crippen LogP contribution >= 0.6 is 0 Å². The molecule has 0 unspecified atom stereocenters. The number of carbonyl (C=O) groups is 2. The number of esters is 2. The van der Waals surface area contributed by atoms with E-state index in [1.54, 1.807) is 13.8 Å². The van der Waals surface area contributed by atoms with Crippen molar-refractivity contribution in [3.8, 4) is 0 Å². The molecule has 0 aromatic rings. The molecule has 0 aliphatic rings. The first-order chi connectivity index (χ1) is 5.97. The molecule has 0 heterocycles. The van der Waals surface area contributed by atoms with Gasteiger partial charge in [-0.1, -0.05) is 6.58 Å². The molecule has 0 spiro atoms. The third-order valence-electron chi connectivity index (χ3n) is 1.20. The molecule has 13 heavy (non-hydrogen) atoms. The Morgan fingerprint density at radius 1 is 1.38 bits per heavy atom. The van der Waals surface area contributed by atoms with Crippen LogP contribution in [0.3, 0.4) is 0 Å². The molecule has 4 heteroatoms. The first-order valence-electron chi connectivity index (χ1n) is 3.93. The van der Waals surface area contributed by atoms with Crippen molar-refractivity contribution in [1.82, 2.24) is 0 Å². The van der Waals surface area contributed by atoms with Crippen molar-refractivity contribution in [2.45, 2.75) is 26.4 Å². The molecule has 0 aromatic carbocycles. The van der Waals surface area contributed by atoms with Crippen molar-refractivity contribution in [3.63, 3.8) is 0 Å². The fraction of sp³-hybridized carbons (Fsp3) is 0.556. The van der Waals surface area contributed by atoms with E-state index in [4.69, 9.17) is 4.74 Å². The van der Waals surface area contributed by atoms with E-state index < -0.39 is 11.9 Å². The van der Waals surface area contributed by atoms with E-state index in [1.165, 1.54) is 7.11 Å². The van der Waals surface area contributed by atoms with Crippen LogP contribution in [0.2, 0.25) is 0 Å². The lowest BCUT2D eigenvalue weighted by molar-refractivity contribution is -0.148. The number of hydrogen-bond acceptors (Lipinski definition) is 4. The van der Waals surface area contributed by atoms with Crippen LogP contribution in [0, 0.1) is 0 Å². The van der Waals surface area contributed by atoms with Crippen molar-refractivity contribution >= 4 is 11.9 Å². The maximum Gasteiger partial charge on any atom is 0.333 e. The van der Waals surface area contributed by atoms with E-state index in [0.717, 1.165) is 0 Å². The predicted molar refractivity (Wildman–Crippen MR) is 47.0 cm³/mol. The molecule has 4 nitrogen and oxygen atoms in total. The zero-order chi connectivity index (χ0) is 10.4. The summed E-state index contributed by atoms with van der Waals surface area (Å²) in [5.41, 5.74) is 0.105. The van der Waals surface area contributed by atoms with Gasteiger partial charge >= 0.3 is 11.9 Å². The van der Waals surface area contributed by atoms with Gasteiger partial charge in [-0.3, -0.25) is 4.79 Å². The lowest BCUT2D eigenvalue weighted by Gasteiger charge is -2.07. The summed E-state index contributed by atoms with van der Waals surface area (Å²) in [6, 6.07) is 0. The van der Waals surface area contributed by atoms with Crippen LogP contribution in [0.5, 0.6) is 0 Å². The smallest absolute Gasteiger partial charge is 0.333 e. The van der Waals surface area contributed by atoms with E-state index in [1.807, 2.05) is 0 Å². The molecule has 0 saturated carbocycles. The van der Waals surface area contributed by atoms with Crippen molar-refractivity contribution in [2.24, 2.45) is 0 Å². The van der Waals surface area contributed by atoms with Crippen LogP contribution in [0.1, 0.15) is 20.3 Å². The fourth-order valence-electron chi connectivity index (χ4n) is 0.695. The molecule has 0 N–H and O–H groups in total. The van der Waals surface area contributed by atoms with E-state index in [2.05, 4.69) is 11.3 Å². The monoisotopic (exact) mass is 186 g/mol. The molecule has 0 fully saturated rings. The van der Waals surface area contributed by atoms with Gasteiger partial charge in [0.25, 0.3) is 0 Å². The summed E-state index contributed by atoms with van der Waals surface area (Å²) in [4.78, 5) is 21.8. The zero-order valence-electron chi connectivity index (χ0n) is 8.12. The second kappa shape index (κ2) is 5.35. The molecule has 74 valence electrons. The molecule has 0 aliphatic heterocycles. The van der Waals surface area contributed by atoms with Crippen LogP contribution < -0.4 is 0 Å². The average molecular weight is 186 g/mol. The van der Waals surface area contributed by atoms with Crippen molar-refractivity contribution in [1.29, 1.82) is 0 Å². The summed E-state index contributed by atoms with van der Waals surface area (Å²) in [5.74, 6) is -1.05. The Bertz CT molecular complexity index is 218. The Labute approximate surface area is 77.5 Å². The van der Waals surface area contributed by atoms with Crippen molar-refractivity contribution in [3.05, 3.63) is 12.2 Å².